The summed E-state index contributed by atoms with van der Waals surface area (Å²) in [4.78, 5) is 27.3. The van der Waals surface area contributed by atoms with E-state index in [1.54, 1.807) is 29.2 Å². The molecule has 0 bridgehead atoms. The molecule has 2 aliphatic rings. The maximum absolute atomic E-state index is 12.8. The number of hydrogen-bond donors (Lipinski definition) is 1. The molecule has 2 amide bonds. The SMILES string of the molecule is CC1(C(=O)NCc2ccc3c(c2)OCO3)CCN(C(=O)c2cccc(Cl)c2)CC1. The van der Waals surface area contributed by atoms with Gasteiger partial charge in [0.05, 0.1) is 0 Å². The molecule has 29 heavy (non-hydrogen) atoms. The van der Waals surface area contributed by atoms with Crippen LogP contribution in [0.1, 0.15) is 35.7 Å². The highest BCUT2D eigenvalue weighted by Gasteiger charge is 2.38. The number of rotatable bonds is 4. The van der Waals surface area contributed by atoms with E-state index in [2.05, 4.69) is 5.32 Å². The second-order valence-corrected chi connectivity index (χ2v) is 8.17. The average Bonchev–Trinajstić information content (AvgIpc) is 3.20. The summed E-state index contributed by atoms with van der Waals surface area (Å²) in [6.45, 7) is 3.70. The van der Waals surface area contributed by atoms with Gasteiger partial charge >= 0.3 is 0 Å². The summed E-state index contributed by atoms with van der Waals surface area (Å²) in [5, 5.41) is 3.57. The van der Waals surface area contributed by atoms with Gasteiger partial charge in [-0.2, -0.15) is 0 Å². The van der Waals surface area contributed by atoms with Crippen LogP contribution in [0.3, 0.4) is 0 Å². The van der Waals surface area contributed by atoms with Crippen molar-refractivity contribution in [1.82, 2.24) is 10.2 Å². The van der Waals surface area contributed by atoms with Crippen LogP contribution >= 0.6 is 11.6 Å². The molecule has 0 saturated carbocycles. The predicted octanol–water partition coefficient (Wildman–Crippen LogP) is 3.63. The van der Waals surface area contributed by atoms with Gasteiger partial charge in [-0.05, 0) is 48.7 Å². The zero-order valence-electron chi connectivity index (χ0n) is 16.2. The summed E-state index contributed by atoms with van der Waals surface area (Å²) in [5.41, 5.74) is 1.04. The van der Waals surface area contributed by atoms with Gasteiger partial charge in [-0.1, -0.05) is 30.7 Å². The summed E-state index contributed by atoms with van der Waals surface area (Å²) in [6, 6.07) is 12.6. The molecule has 152 valence electrons. The molecule has 1 N–H and O–H groups in total. The van der Waals surface area contributed by atoms with Crippen molar-refractivity contribution in [2.24, 2.45) is 5.41 Å². The summed E-state index contributed by atoms with van der Waals surface area (Å²) in [7, 11) is 0. The van der Waals surface area contributed by atoms with E-state index in [1.807, 2.05) is 25.1 Å². The van der Waals surface area contributed by atoms with Crippen molar-refractivity contribution in [2.45, 2.75) is 26.3 Å². The third kappa shape index (κ3) is 4.17. The lowest BCUT2D eigenvalue weighted by atomic mass is 9.79. The highest BCUT2D eigenvalue weighted by atomic mass is 35.5. The van der Waals surface area contributed by atoms with Crippen LogP contribution in [0.5, 0.6) is 11.5 Å². The molecule has 1 saturated heterocycles. The third-order valence-electron chi connectivity index (χ3n) is 5.66. The first-order valence-electron chi connectivity index (χ1n) is 9.66. The van der Waals surface area contributed by atoms with Crippen molar-refractivity contribution in [3.8, 4) is 11.5 Å². The Bertz CT molecular complexity index is 938. The fourth-order valence-corrected chi connectivity index (χ4v) is 3.87. The van der Waals surface area contributed by atoms with Crippen molar-refractivity contribution in [1.29, 1.82) is 0 Å². The van der Waals surface area contributed by atoms with Crippen molar-refractivity contribution < 1.29 is 19.1 Å². The van der Waals surface area contributed by atoms with E-state index in [9.17, 15) is 9.59 Å². The number of nitrogens with zero attached hydrogens (tertiary/aromatic N) is 1. The molecule has 2 aliphatic heterocycles. The Morgan fingerprint density at radius 3 is 2.62 bits per heavy atom. The fraction of sp³-hybridized carbons (Fsp3) is 0.364. The standard InChI is InChI=1S/C22H23ClN2O4/c1-22(21(27)24-13-15-5-6-18-19(11-15)29-14-28-18)7-9-25(10-8-22)20(26)16-3-2-4-17(23)12-16/h2-6,11-12H,7-10,13-14H2,1H3,(H,24,27). The van der Waals surface area contributed by atoms with Gasteiger partial charge in [0, 0.05) is 35.6 Å². The van der Waals surface area contributed by atoms with E-state index < -0.39 is 5.41 Å². The van der Waals surface area contributed by atoms with Gasteiger partial charge in [0.15, 0.2) is 11.5 Å². The minimum Gasteiger partial charge on any atom is -0.454 e. The smallest absolute Gasteiger partial charge is 0.253 e. The van der Waals surface area contributed by atoms with Crippen molar-refractivity contribution >= 4 is 23.4 Å². The number of nitrogens with one attached hydrogen (secondary N) is 1. The van der Waals surface area contributed by atoms with Gasteiger partial charge in [0.1, 0.15) is 0 Å². The molecule has 1 fully saturated rings. The Kier molecular flexibility index (Phi) is 5.37. The Balaban J connectivity index is 1.32. The molecule has 2 heterocycles. The molecule has 6 nitrogen and oxygen atoms in total. The Labute approximate surface area is 174 Å². The minimum absolute atomic E-state index is 0.00465. The summed E-state index contributed by atoms with van der Waals surface area (Å²) >= 11 is 5.99. The molecule has 0 aliphatic carbocycles. The normalized spacial score (nSPS) is 17.1. The molecule has 2 aromatic rings. The summed E-state index contributed by atoms with van der Waals surface area (Å²) < 4.78 is 10.7. The lowest BCUT2D eigenvalue weighted by Gasteiger charge is -2.38. The summed E-state index contributed by atoms with van der Waals surface area (Å²) in [6.07, 6.45) is 1.23. The molecule has 4 rings (SSSR count). The monoisotopic (exact) mass is 414 g/mol. The van der Waals surface area contributed by atoms with E-state index in [1.165, 1.54) is 0 Å². The van der Waals surface area contributed by atoms with Crippen molar-refractivity contribution in [3.63, 3.8) is 0 Å². The highest BCUT2D eigenvalue weighted by Crippen LogP contribution is 2.34. The van der Waals surface area contributed by atoms with Crippen LogP contribution in [0.25, 0.3) is 0 Å². The van der Waals surface area contributed by atoms with Gasteiger partial charge in [-0.25, -0.2) is 0 Å². The third-order valence-corrected chi connectivity index (χ3v) is 5.90. The van der Waals surface area contributed by atoms with Crippen LogP contribution in [-0.4, -0.2) is 36.6 Å². The number of fused-ring (bicyclic) bond motifs is 1. The van der Waals surface area contributed by atoms with Crippen molar-refractivity contribution in [3.05, 3.63) is 58.6 Å². The minimum atomic E-state index is -0.499. The first kappa shape index (κ1) is 19.6. The van der Waals surface area contributed by atoms with Gasteiger partial charge < -0.3 is 19.7 Å². The number of likely N-dealkylation sites (tertiary alicyclic amines) is 1. The van der Waals surface area contributed by atoms with Crippen LogP contribution in [0.2, 0.25) is 5.02 Å². The Morgan fingerprint density at radius 2 is 1.86 bits per heavy atom. The molecule has 0 radical (unpaired) electrons. The summed E-state index contributed by atoms with van der Waals surface area (Å²) in [5.74, 6) is 1.39. The van der Waals surface area contributed by atoms with Crippen LogP contribution in [0.4, 0.5) is 0 Å². The van der Waals surface area contributed by atoms with Crippen LogP contribution in [0, 0.1) is 5.41 Å². The predicted molar refractivity (Wildman–Crippen MR) is 109 cm³/mol. The van der Waals surface area contributed by atoms with Gasteiger partial charge in [0.25, 0.3) is 5.91 Å². The van der Waals surface area contributed by atoms with Gasteiger partial charge in [-0.15, -0.1) is 0 Å². The van der Waals surface area contributed by atoms with Crippen LogP contribution in [-0.2, 0) is 11.3 Å². The van der Waals surface area contributed by atoms with Gasteiger partial charge in [0.2, 0.25) is 12.7 Å². The molecule has 0 aromatic heterocycles. The molecule has 7 heteroatoms. The van der Waals surface area contributed by atoms with Crippen molar-refractivity contribution in [2.75, 3.05) is 19.9 Å². The van der Waals surface area contributed by atoms with E-state index in [0.717, 1.165) is 11.3 Å². The maximum Gasteiger partial charge on any atom is 0.253 e. The number of piperidine rings is 1. The number of amides is 2. The number of carbonyl (C=O) groups is 2. The highest BCUT2D eigenvalue weighted by molar-refractivity contribution is 6.30. The van der Waals surface area contributed by atoms with Crippen LogP contribution in [0.15, 0.2) is 42.5 Å². The molecule has 0 unspecified atom stereocenters. The number of ether oxygens (including phenoxy) is 2. The van der Waals surface area contributed by atoms with E-state index >= 15 is 0 Å². The molecule has 0 spiro atoms. The number of benzene rings is 2. The molecular formula is C22H23ClN2O4. The Hall–Kier alpha value is -2.73. The zero-order chi connectivity index (χ0) is 20.4. The number of hydrogen-bond acceptors (Lipinski definition) is 4. The second kappa shape index (κ2) is 7.95. The molecular weight excluding hydrogens is 392 g/mol. The first-order valence-corrected chi connectivity index (χ1v) is 10.0. The zero-order valence-corrected chi connectivity index (χ0v) is 17.0. The quantitative estimate of drug-likeness (QED) is 0.829. The largest absolute Gasteiger partial charge is 0.454 e. The average molecular weight is 415 g/mol. The topological polar surface area (TPSA) is 67.9 Å². The maximum atomic E-state index is 12.8. The van der Waals surface area contributed by atoms with Gasteiger partial charge in [-0.3, -0.25) is 9.59 Å². The number of carbonyl (C=O) groups excluding carboxylic acids is 2. The van der Waals surface area contributed by atoms with E-state index in [-0.39, 0.29) is 18.6 Å². The first-order chi connectivity index (χ1) is 13.9. The number of halogens is 1. The van der Waals surface area contributed by atoms with E-state index in [0.29, 0.717) is 48.8 Å². The Morgan fingerprint density at radius 1 is 1.10 bits per heavy atom. The lowest BCUT2D eigenvalue weighted by Crippen LogP contribution is -2.48. The fourth-order valence-electron chi connectivity index (χ4n) is 3.68. The second-order valence-electron chi connectivity index (χ2n) is 7.73. The van der Waals surface area contributed by atoms with Crippen LogP contribution < -0.4 is 14.8 Å². The molecule has 0 atom stereocenters. The molecule has 2 aromatic carbocycles. The van der Waals surface area contributed by atoms with E-state index in [4.69, 9.17) is 21.1 Å². The lowest BCUT2D eigenvalue weighted by molar-refractivity contribution is -0.132.